The second kappa shape index (κ2) is 4.26. The monoisotopic (exact) mass is 211 g/mol. The summed E-state index contributed by atoms with van der Waals surface area (Å²) in [6.07, 6.45) is 4.42. The molecule has 0 radical (unpaired) electrons. The molecule has 1 aromatic carbocycles. The highest BCUT2D eigenvalue weighted by Crippen LogP contribution is 2.30. The molecule has 0 heterocycles. The number of benzene rings is 1. The van der Waals surface area contributed by atoms with Gasteiger partial charge in [0, 0.05) is 28.1 Å². The van der Waals surface area contributed by atoms with Crippen molar-refractivity contribution in [3.05, 3.63) is 23.3 Å². The minimum atomic E-state index is 0.263. The molecule has 0 spiro atoms. The predicted octanol–water partition coefficient (Wildman–Crippen LogP) is 3.06. The van der Waals surface area contributed by atoms with Crippen LogP contribution in [0.5, 0.6) is 5.75 Å². The van der Waals surface area contributed by atoms with E-state index >= 15 is 0 Å². The van der Waals surface area contributed by atoms with Gasteiger partial charge in [0.15, 0.2) is 4.90 Å². The summed E-state index contributed by atoms with van der Waals surface area (Å²) in [6.45, 7) is 6.28. The summed E-state index contributed by atoms with van der Waals surface area (Å²) in [7, 11) is 0.263. The SMILES string of the molecule is Cc1cc(O)c(C(C)C)cc1[S+](C)C. The van der Waals surface area contributed by atoms with Crippen LogP contribution in [0, 0.1) is 6.92 Å². The van der Waals surface area contributed by atoms with Crippen LogP contribution in [-0.2, 0) is 10.9 Å². The Balaban J connectivity index is 3.27. The van der Waals surface area contributed by atoms with E-state index in [1.54, 1.807) is 0 Å². The van der Waals surface area contributed by atoms with Crippen molar-refractivity contribution in [2.75, 3.05) is 12.5 Å². The van der Waals surface area contributed by atoms with Crippen LogP contribution >= 0.6 is 0 Å². The molecular formula is C12H19OS+. The lowest BCUT2D eigenvalue weighted by molar-refractivity contribution is 0.463. The summed E-state index contributed by atoms with van der Waals surface area (Å²) < 4.78 is 0. The zero-order valence-corrected chi connectivity index (χ0v) is 10.4. The van der Waals surface area contributed by atoms with E-state index in [1.807, 2.05) is 6.07 Å². The van der Waals surface area contributed by atoms with E-state index in [0.717, 1.165) is 5.56 Å². The van der Waals surface area contributed by atoms with E-state index in [4.69, 9.17) is 0 Å². The van der Waals surface area contributed by atoms with Gasteiger partial charge in [0.25, 0.3) is 0 Å². The van der Waals surface area contributed by atoms with Crippen LogP contribution in [0.1, 0.15) is 30.9 Å². The van der Waals surface area contributed by atoms with Gasteiger partial charge < -0.3 is 5.11 Å². The lowest BCUT2D eigenvalue weighted by Crippen LogP contribution is -2.01. The van der Waals surface area contributed by atoms with Crippen molar-refractivity contribution in [2.45, 2.75) is 31.6 Å². The van der Waals surface area contributed by atoms with E-state index < -0.39 is 0 Å². The number of phenolic OH excluding ortho intramolecular Hbond substituents is 1. The van der Waals surface area contributed by atoms with E-state index in [2.05, 4.69) is 39.3 Å². The Morgan fingerprint density at radius 2 is 1.79 bits per heavy atom. The van der Waals surface area contributed by atoms with Crippen LogP contribution in [0.15, 0.2) is 17.0 Å². The molecule has 0 saturated heterocycles. The largest absolute Gasteiger partial charge is 0.508 e. The first-order valence-electron chi connectivity index (χ1n) is 4.84. The normalized spacial score (nSPS) is 11.4. The first kappa shape index (κ1) is 11.4. The average Bonchev–Trinajstić information content (AvgIpc) is 2.02. The summed E-state index contributed by atoms with van der Waals surface area (Å²) in [5.74, 6) is 0.824. The zero-order valence-electron chi connectivity index (χ0n) is 9.59. The fraction of sp³-hybridized carbons (Fsp3) is 0.500. The van der Waals surface area contributed by atoms with Crippen LogP contribution in [0.3, 0.4) is 0 Å². The van der Waals surface area contributed by atoms with Crippen molar-refractivity contribution in [1.29, 1.82) is 0 Å². The minimum absolute atomic E-state index is 0.263. The van der Waals surface area contributed by atoms with Gasteiger partial charge in [0.2, 0.25) is 0 Å². The van der Waals surface area contributed by atoms with Gasteiger partial charge in [-0.15, -0.1) is 0 Å². The van der Waals surface area contributed by atoms with Gasteiger partial charge in [-0.2, -0.15) is 0 Å². The molecule has 1 nitrogen and oxygen atoms in total. The van der Waals surface area contributed by atoms with Crippen LogP contribution in [0.2, 0.25) is 0 Å². The third-order valence-corrected chi connectivity index (χ3v) is 3.71. The van der Waals surface area contributed by atoms with Gasteiger partial charge in [-0.1, -0.05) is 13.8 Å². The Morgan fingerprint density at radius 3 is 2.21 bits per heavy atom. The van der Waals surface area contributed by atoms with E-state index in [1.165, 1.54) is 10.5 Å². The van der Waals surface area contributed by atoms with Crippen molar-refractivity contribution < 1.29 is 5.11 Å². The summed E-state index contributed by atoms with van der Waals surface area (Å²) in [4.78, 5) is 1.37. The van der Waals surface area contributed by atoms with Crippen LogP contribution < -0.4 is 0 Å². The van der Waals surface area contributed by atoms with Gasteiger partial charge >= 0.3 is 0 Å². The fourth-order valence-corrected chi connectivity index (χ4v) is 2.66. The average molecular weight is 211 g/mol. The second-order valence-electron chi connectivity index (χ2n) is 4.15. The molecule has 14 heavy (non-hydrogen) atoms. The third-order valence-electron chi connectivity index (χ3n) is 2.39. The van der Waals surface area contributed by atoms with Gasteiger partial charge in [0.1, 0.15) is 18.3 Å². The minimum Gasteiger partial charge on any atom is -0.508 e. The highest BCUT2D eigenvalue weighted by atomic mass is 32.2. The molecule has 1 aromatic rings. The molecule has 0 bridgehead atoms. The molecule has 1 N–H and O–H groups in total. The van der Waals surface area contributed by atoms with Crippen molar-refractivity contribution >= 4 is 10.9 Å². The molecular weight excluding hydrogens is 192 g/mol. The molecule has 1 rings (SSSR count). The molecule has 0 aliphatic rings. The molecule has 78 valence electrons. The first-order chi connectivity index (χ1) is 6.43. The maximum Gasteiger partial charge on any atom is 0.157 e. The van der Waals surface area contributed by atoms with Crippen LogP contribution in [0.25, 0.3) is 0 Å². The highest BCUT2D eigenvalue weighted by molar-refractivity contribution is 7.95. The van der Waals surface area contributed by atoms with Crippen molar-refractivity contribution in [2.24, 2.45) is 0 Å². The van der Waals surface area contributed by atoms with Crippen molar-refractivity contribution in [3.8, 4) is 5.75 Å². The van der Waals surface area contributed by atoms with Crippen LogP contribution in [0.4, 0.5) is 0 Å². The fourth-order valence-electron chi connectivity index (χ4n) is 1.59. The molecule has 0 aliphatic heterocycles. The maximum atomic E-state index is 9.77. The molecule has 0 amide bonds. The molecule has 0 unspecified atom stereocenters. The second-order valence-corrected chi connectivity index (χ2v) is 6.22. The zero-order chi connectivity index (χ0) is 10.9. The summed E-state index contributed by atoms with van der Waals surface area (Å²) in [5, 5.41) is 9.77. The number of hydrogen-bond acceptors (Lipinski definition) is 1. The van der Waals surface area contributed by atoms with Gasteiger partial charge in [-0.25, -0.2) is 0 Å². The molecule has 2 heteroatoms. The van der Waals surface area contributed by atoms with Crippen molar-refractivity contribution in [1.82, 2.24) is 0 Å². The number of hydrogen-bond donors (Lipinski definition) is 1. The summed E-state index contributed by atoms with van der Waals surface area (Å²) >= 11 is 0. The quantitative estimate of drug-likeness (QED) is 0.745. The molecule has 0 saturated carbocycles. The van der Waals surface area contributed by atoms with E-state index in [0.29, 0.717) is 11.7 Å². The Labute approximate surface area is 89.5 Å². The molecule has 0 atom stereocenters. The number of rotatable bonds is 2. The van der Waals surface area contributed by atoms with Crippen molar-refractivity contribution in [3.63, 3.8) is 0 Å². The summed E-state index contributed by atoms with van der Waals surface area (Å²) in [5.41, 5.74) is 2.26. The maximum absolute atomic E-state index is 9.77. The Kier molecular flexibility index (Phi) is 3.48. The molecule has 0 fully saturated rings. The highest BCUT2D eigenvalue weighted by Gasteiger charge is 2.17. The smallest absolute Gasteiger partial charge is 0.157 e. The standard InChI is InChI=1S/C12H18OS/c1-8(2)10-7-12(14(4)5)9(3)6-11(10)13/h6-8H,1-5H3/p+1. The van der Waals surface area contributed by atoms with Gasteiger partial charge in [-0.05, 0) is 18.9 Å². The van der Waals surface area contributed by atoms with E-state index in [9.17, 15) is 5.11 Å². The van der Waals surface area contributed by atoms with Crippen LogP contribution in [-0.4, -0.2) is 17.6 Å². The van der Waals surface area contributed by atoms with Gasteiger partial charge in [0.05, 0.1) is 0 Å². The third kappa shape index (κ3) is 2.24. The first-order valence-corrected chi connectivity index (χ1v) is 6.88. The Bertz CT molecular complexity index is 300. The number of phenols is 1. The Morgan fingerprint density at radius 1 is 1.21 bits per heavy atom. The number of aryl methyl sites for hydroxylation is 1. The lowest BCUT2D eigenvalue weighted by atomic mass is 10.0. The molecule has 0 aliphatic carbocycles. The number of aromatic hydroxyl groups is 1. The lowest BCUT2D eigenvalue weighted by Gasteiger charge is -2.11. The predicted molar refractivity (Wildman–Crippen MR) is 64.4 cm³/mol. The molecule has 0 aromatic heterocycles. The van der Waals surface area contributed by atoms with Gasteiger partial charge in [-0.3, -0.25) is 0 Å². The van der Waals surface area contributed by atoms with E-state index in [-0.39, 0.29) is 10.9 Å². The Hall–Kier alpha value is -0.630. The summed E-state index contributed by atoms with van der Waals surface area (Å²) in [6, 6.07) is 4.04. The topological polar surface area (TPSA) is 20.2 Å².